The lowest BCUT2D eigenvalue weighted by Gasteiger charge is -2.26. The van der Waals surface area contributed by atoms with Crippen LogP contribution in [0.1, 0.15) is 6.92 Å². The van der Waals surface area contributed by atoms with Crippen molar-refractivity contribution in [1.29, 1.82) is 0 Å². The summed E-state index contributed by atoms with van der Waals surface area (Å²) in [6.45, 7) is 1.31. The van der Waals surface area contributed by atoms with Gasteiger partial charge in [0, 0.05) is 24.0 Å². The van der Waals surface area contributed by atoms with Crippen molar-refractivity contribution in [2.24, 2.45) is 21.7 Å². The topological polar surface area (TPSA) is 183 Å². The number of nitro benzene ring substituents is 1. The monoisotopic (exact) mass is 334 g/mol. The molecule has 0 saturated carbocycles. The third-order valence-electron chi connectivity index (χ3n) is 3.61. The third-order valence-corrected chi connectivity index (χ3v) is 3.61. The highest BCUT2D eigenvalue weighted by Crippen LogP contribution is 2.36. The number of hydrogen-bond donors (Lipinski definition) is 3. The maximum Gasteiger partial charge on any atom is 0.313 e. The Morgan fingerprint density at radius 2 is 1.96 bits per heavy atom. The van der Waals surface area contributed by atoms with Crippen molar-refractivity contribution < 1.29 is 15.0 Å². The third kappa shape index (κ3) is 2.92. The van der Waals surface area contributed by atoms with Gasteiger partial charge in [-0.25, -0.2) is 0 Å². The average molecular weight is 334 g/mol. The van der Waals surface area contributed by atoms with E-state index in [1.54, 1.807) is 0 Å². The van der Waals surface area contributed by atoms with E-state index in [1.807, 2.05) is 0 Å². The molecule has 0 heterocycles. The number of phenols is 1. The summed E-state index contributed by atoms with van der Waals surface area (Å²) in [5.41, 5.74) is 9.19. The molecule has 11 nitrogen and oxygen atoms in total. The number of nitrogens with zero attached hydrogens (tertiary/aromatic N) is 4. The molecule has 5 N–H and O–H groups in total. The first kappa shape index (κ1) is 17.0. The van der Waals surface area contributed by atoms with Crippen LogP contribution in [0.5, 0.6) is 5.75 Å². The molecule has 2 unspecified atom stereocenters. The van der Waals surface area contributed by atoms with Crippen LogP contribution in [0.15, 0.2) is 52.0 Å². The van der Waals surface area contributed by atoms with E-state index >= 15 is 0 Å². The van der Waals surface area contributed by atoms with E-state index in [0.29, 0.717) is 0 Å². The predicted molar refractivity (Wildman–Crippen MR) is 83.0 cm³/mol. The fraction of sp³-hybridized carbons (Fsp3) is 0.231. The molecule has 0 bridgehead atoms. The van der Waals surface area contributed by atoms with Gasteiger partial charge in [-0.15, -0.1) is 10.2 Å². The Hall–Kier alpha value is -3.34. The van der Waals surface area contributed by atoms with Gasteiger partial charge < -0.3 is 16.6 Å². The Morgan fingerprint density at radius 3 is 2.54 bits per heavy atom. The van der Waals surface area contributed by atoms with E-state index in [2.05, 4.69) is 10.2 Å². The van der Waals surface area contributed by atoms with E-state index in [-0.39, 0.29) is 17.1 Å². The van der Waals surface area contributed by atoms with Crippen LogP contribution in [-0.4, -0.2) is 26.5 Å². The summed E-state index contributed by atoms with van der Waals surface area (Å²) in [6.07, 6.45) is 2.44. The molecule has 2 rings (SSSR count). The van der Waals surface area contributed by atoms with Gasteiger partial charge in [0.15, 0.2) is 0 Å². The van der Waals surface area contributed by atoms with Crippen molar-refractivity contribution in [3.63, 3.8) is 0 Å². The molecule has 0 amide bonds. The summed E-state index contributed by atoms with van der Waals surface area (Å²) in [4.78, 5) is 20.6. The molecule has 24 heavy (non-hydrogen) atoms. The summed E-state index contributed by atoms with van der Waals surface area (Å²) in [5.74, 6) is -0.668. The van der Waals surface area contributed by atoms with Crippen LogP contribution in [0.3, 0.4) is 0 Å². The standard InChI is InChI=1S/C13H14N6O5/c1-13(19(23)24)6-9(7(14)5-11(13)15)17-16-8-3-2-4-10(12(8)20)18(21)22/h2-6,11,20H,14-15H2,1H3. The van der Waals surface area contributed by atoms with Gasteiger partial charge >= 0.3 is 5.69 Å². The number of azo groups is 1. The summed E-state index contributed by atoms with van der Waals surface area (Å²) < 4.78 is 0. The van der Waals surface area contributed by atoms with Gasteiger partial charge in [-0.05, 0) is 12.1 Å². The fourth-order valence-corrected chi connectivity index (χ4v) is 2.02. The Bertz CT molecular complexity index is 802. The molecule has 1 aliphatic carbocycles. The molecule has 1 aliphatic rings. The smallest absolute Gasteiger partial charge is 0.313 e. The van der Waals surface area contributed by atoms with Crippen molar-refractivity contribution in [1.82, 2.24) is 0 Å². The average Bonchev–Trinajstić information content (AvgIpc) is 2.50. The fourth-order valence-electron chi connectivity index (χ4n) is 2.02. The first-order valence-electron chi connectivity index (χ1n) is 6.65. The van der Waals surface area contributed by atoms with Crippen molar-refractivity contribution in [3.8, 4) is 5.75 Å². The number of phenolic OH excluding ortho intramolecular Hbond substituents is 1. The minimum absolute atomic E-state index is 0.0122. The number of nitro groups is 2. The molecule has 0 fully saturated rings. The maximum absolute atomic E-state index is 11.2. The second-order valence-electron chi connectivity index (χ2n) is 5.26. The molecule has 1 aromatic rings. The molecule has 11 heteroatoms. The van der Waals surface area contributed by atoms with Gasteiger partial charge in [-0.3, -0.25) is 20.2 Å². The lowest BCUT2D eigenvalue weighted by Crippen LogP contribution is -2.51. The Labute approximate surface area is 135 Å². The number of nitrogens with two attached hydrogens (primary N) is 2. The minimum Gasteiger partial charge on any atom is -0.501 e. The van der Waals surface area contributed by atoms with Crippen LogP contribution < -0.4 is 11.5 Å². The van der Waals surface area contributed by atoms with Crippen LogP contribution in [0.25, 0.3) is 0 Å². The molecule has 0 saturated heterocycles. The summed E-state index contributed by atoms with van der Waals surface area (Å²) >= 11 is 0. The highest BCUT2D eigenvalue weighted by Gasteiger charge is 2.44. The first-order chi connectivity index (χ1) is 11.2. The largest absolute Gasteiger partial charge is 0.501 e. The Kier molecular flexibility index (Phi) is 4.28. The van der Waals surface area contributed by atoms with Crippen molar-refractivity contribution in [3.05, 3.63) is 62.0 Å². The second kappa shape index (κ2) is 6.04. The molecule has 0 aliphatic heterocycles. The number of aromatic hydroxyl groups is 1. The zero-order valence-corrected chi connectivity index (χ0v) is 12.5. The Morgan fingerprint density at radius 1 is 1.29 bits per heavy atom. The SMILES string of the molecule is CC1([N+](=O)[O-])C=C(N=Nc2cccc([N+](=O)[O-])c2O)C(N)=CC1N. The summed E-state index contributed by atoms with van der Waals surface area (Å²) in [7, 11) is 0. The lowest BCUT2D eigenvalue weighted by atomic mass is 9.87. The first-order valence-corrected chi connectivity index (χ1v) is 6.65. The van der Waals surface area contributed by atoms with Crippen molar-refractivity contribution in [2.45, 2.75) is 18.5 Å². The van der Waals surface area contributed by atoms with Gasteiger partial charge in [0.05, 0.1) is 10.6 Å². The normalized spacial score (nSPS) is 23.7. The number of para-hydroxylation sites is 1. The predicted octanol–water partition coefficient (Wildman–Crippen LogP) is 1.49. The summed E-state index contributed by atoms with van der Waals surface area (Å²) in [5, 5.41) is 39.2. The van der Waals surface area contributed by atoms with Crippen LogP contribution in [-0.2, 0) is 0 Å². The summed E-state index contributed by atoms with van der Waals surface area (Å²) in [6, 6.07) is 2.77. The molecule has 0 radical (unpaired) electrons. The molecular formula is C13H14N6O5. The zero-order valence-electron chi connectivity index (χ0n) is 12.5. The highest BCUT2D eigenvalue weighted by molar-refractivity contribution is 5.61. The number of hydrogen-bond acceptors (Lipinski definition) is 9. The number of benzene rings is 1. The van der Waals surface area contributed by atoms with Crippen LogP contribution in [0, 0.1) is 20.2 Å². The quantitative estimate of drug-likeness (QED) is 0.423. The van der Waals surface area contributed by atoms with Crippen molar-refractivity contribution >= 4 is 11.4 Å². The molecule has 0 spiro atoms. The zero-order chi connectivity index (χ0) is 18.1. The molecular weight excluding hydrogens is 320 g/mol. The van der Waals surface area contributed by atoms with Gasteiger partial charge in [-0.2, -0.15) is 0 Å². The molecule has 2 atom stereocenters. The van der Waals surface area contributed by atoms with E-state index < -0.39 is 32.9 Å². The van der Waals surface area contributed by atoms with Crippen LogP contribution in [0.4, 0.5) is 11.4 Å². The van der Waals surface area contributed by atoms with E-state index in [9.17, 15) is 25.3 Å². The van der Waals surface area contributed by atoms with Crippen molar-refractivity contribution in [2.75, 3.05) is 0 Å². The van der Waals surface area contributed by atoms with Gasteiger partial charge in [0.2, 0.25) is 5.75 Å². The lowest BCUT2D eigenvalue weighted by molar-refractivity contribution is -0.552. The van der Waals surface area contributed by atoms with Crippen LogP contribution >= 0.6 is 0 Å². The highest BCUT2D eigenvalue weighted by atomic mass is 16.6. The van der Waals surface area contributed by atoms with Gasteiger partial charge in [0.1, 0.15) is 17.4 Å². The molecule has 126 valence electrons. The molecule has 0 aromatic heterocycles. The maximum atomic E-state index is 11.2. The van der Waals surface area contributed by atoms with E-state index in [4.69, 9.17) is 11.5 Å². The number of rotatable bonds is 4. The van der Waals surface area contributed by atoms with E-state index in [1.165, 1.54) is 25.1 Å². The molecule has 1 aromatic carbocycles. The van der Waals surface area contributed by atoms with Crippen LogP contribution in [0.2, 0.25) is 0 Å². The van der Waals surface area contributed by atoms with Gasteiger partial charge in [-0.1, -0.05) is 6.07 Å². The van der Waals surface area contributed by atoms with Gasteiger partial charge in [0.25, 0.3) is 5.54 Å². The Balaban J connectivity index is 2.42. The van der Waals surface area contributed by atoms with E-state index in [0.717, 1.165) is 12.1 Å². The second-order valence-corrected chi connectivity index (χ2v) is 5.26. The minimum atomic E-state index is -1.62.